The van der Waals surface area contributed by atoms with Crippen molar-refractivity contribution in [1.82, 2.24) is 0 Å². The van der Waals surface area contributed by atoms with E-state index in [2.05, 4.69) is 56.1 Å². The molecule has 0 aromatic heterocycles. The third-order valence-corrected chi connectivity index (χ3v) is 3.56. The third-order valence-electron chi connectivity index (χ3n) is 3.56. The molecule has 1 aromatic rings. The molecule has 2 rings (SSSR count). The van der Waals surface area contributed by atoms with Crippen LogP contribution < -0.4 is 10.2 Å². The molecule has 100 valence electrons. The lowest BCUT2D eigenvalue weighted by Gasteiger charge is -2.34. The van der Waals surface area contributed by atoms with Gasteiger partial charge in [0.2, 0.25) is 0 Å². The van der Waals surface area contributed by atoms with Crippen LogP contribution >= 0.6 is 0 Å². The molecule has 1 heterocycles. The summed E-state index contributed by atoms with van der Waals surface area (Å²) in [4.78, 5) is 2.55. The van der Waals surface area contributed by atoms with E-state index in [1.54, 1.807) is 0 Å². The molecule has 18 heavy (non-hydrogen) atoms. The quantitative estimate of drug-likeness (QED) is 0.866. The number of benzene rings is 1. The Morgan fingerprint density at radius 1 is 1.22 bits per heavy atom. The van der Waals surface area contributed by atoms with E-state index in [1.165, 1.54) is 29.8 Å². The summed E-state index contributed by atoms with van der Waals surface area (Å²) in [5.41, 5.74) is 4.29. The van der Waals surface area contributed by atoms with Crippen LogP contribution in [0, 0.1) is 5.92 Å². The number of fused-ring (bicyclic) bond motifs is 1. The summed E-state index contributed by atoms with van der Waals surface area (Å²) >= 11 is 0. The van der Waals surface area contributed by atoms with Gasteiger partial charge in [-0.3, -0.25) is 0 Å². The van der Waals surface area contributed by atoms with Gasteiger partial charge in [0.1, 0.15) is 0 Å². The van der Waals surface area contributed by atoms with Crippen LogP contribution in [0.3, 0.4) is 0 Å². The average Bonchev–Trinajstić information content (AvgIpc) is 2.35. The highest BCUT2D eigenvalue weighted by atomic mass is 15.2. The van der Waals surface area contributed by atoms with Crippen molar-refractivity contribution in [2.24, 2.45) is 5.92 Å². The number of hydrogen-bond donors (Lipinski definition) is 1. The van der Waals surface area contributed by atoms with Gasteiger partial charge in [0.05, 0.1) is 0 Å². The van der Waals surface area contributed by atoms with Gasteiger partial charge in [0.15, 0.2) is 0 Å². The smallest absolute Gasteiger partial charge is 0.0421 e. The fourth-order valence-corrected chi connectivity index (χ4v) is 2.74. The van der Waals surface area contributed by atoms with Crippen molar-refractivity contribution in [3.05, 3.63) is 23.8 Å². The molecule has 0 fully saturated rings. The molecule has 0 unspecified atom stereocenters. The lowest BCUT2D eigenvalue weighted by molar-refractivity contribution is 0.568. The van der Waals surface area contributed by atoms with E-state index < -0.39 is 0 Å². The van der Waals surface area contributed by atoms with Crippen LogP contribution in [0.15, 0.2) is 18.2 Å². The minimum Gasteiger partial charge on any atom is -0.385 e. The van der Waals surface area contributed by atoms with Gasteiger partial charge in [0, 0.05) is 30.5 Å². The van der Waals surface area contributed by atoms with Gasteiger partial charge in [-0.2, -0.15) is 0 Å². The first-order valence-electron chi connectivity index (χ1n) is 7.22. The van der Waals surface area contributed by atoms with Crippen molar-refractivity contribution < 1.29 is 0 Å². The summed E-state index contributed by atoms with van der Waals surface area (Å²) in [6.45, 7) is 11.4. The largest absolute Gasteiger partial charge is 0.385 e. The molecule has 1 aromatic carbocycles. The topological polar surface area (TPSA) is 15.3 Å². The van der Waals surface area contributed by atoms with Crippen molar-refractivity contribution in [2.45, 2.75) is 46.6 Å². The predicted molar refractivity (Wildman–Crippen MR) is 80.6 cm³/mol. The van der Waals surface area contributed by atoms with Crippen molar-refractivity contribution >= 4 is 11.4 Å². The van der Waals surface area contributed by atoms with Crippen molar-refractivity contribution in [3.63, 3.8) is 0 Å². The summed E-state index contributed by atoms with van der Waals surface area (Å²) < 4.78 is 0. The molecule has 0 atom stereocenters. The van der Waals surface area contributed by atoms with E-state index in [-0.39, 0.29) is 0 Å². The first-order chi connectivity index (χ1) is 8.59. The maximum absolute atomic E-state index is 3.52. The first-order valence-corrected chi connectivity index (χ1v) is 7.22. The number of nitrogens with one attached hydrogen (secondary N) is 1. The molecule has 0 saturated heterocycles. The van der Waals surface area contributed by atoms with E-state index in [1.807, 2.05) is 0 Å². The van der Waals surface area contributed by atoms with E-state index in [0.717, 1.165) is 13.1 Å². The third kappa shape index (κ3) is 2.80. The zero-order chi connectivity index (χ0) is 13.1. The minimum absolute atomic E-state index is 0.556. The van der Waals surface area contributed by atoms with Gasteiger partial charge in [-0.05, 0) is 50.3 Å². The fourth-order valence-electron chi connectivity index (χ4n) is 2.74. The average molecular weight is 246 g/mol. The van der Waals surface area contributed by atoms with Crippen molar-refractivity contribution in [1.29, 1.82) is 0 Å². The lowest BCUT2D eigenvalue weighted by Crippen LogP contribution is -2.35. The maximum atomic E-state index is 3.52. The van der Waals surface area contributed by atoms with E-state index >= 15 is 0 Å². The Bertz CT molecular complexity index is 396. The molecule has 0 spiro atoms. The Kier molecular flexibility index (Phi) is 4.15. The molecule has 0 aliphatic carbocycles. The number of hydrogen-bond acceptors (Lipinski definition) is 2. The SMILES string of the molecule is CC(C)CN(c1cccc2c1CCCN2)C(C)C. The molecule has 1 N–H and O–H groups in total. The zero-order valence-corrected chi connectivity index (χ0v) is 12.2. The van der Waals surface area contributed by atoms with E-state index in [4.69, 9.17) is 0 Å². The van der Waals surface area contributed by atoms with Gasteiger partial charge in [-0.15, -0.1) is 0 Å². The minimum atomic E-state index is 0.556. The van der Waals surface area contributed by atoms with Gasteiger partial charge in [-0.25, -0.2) is 0 Å². The molecule has 0 amide bonds. The van der Waals surface area contributed by atoms with E-state index in [0.29, 0.717) is 12.0 Å². The second kappa shape index (κ2) is 5.64. The zero-order valence-electron chi connectivity index (χ0n) is 12.2. The van der Waals surface area contributed by atoms with Crippen LogP contribution in [0.25, 0.3) is 0 Å². The summed E-state index contributed by atoms with van der Waals surface area (Å²) in [6.07, 6.45) is 2.46. The molecular formula is C16H26N2. The fraction of sp³-hybridized carbons (Fsp3) is 0.625. The standard InChI is InChI=1S/C16H26N2/c1-12(2)11-18(13(3)4)16-9-5-8-15-14(16)7-6-10-17-15/h5,8-9,12-13,17H,6-7,10-11H2,1-4H3. The van der Waals surface area contributed by atoms with Gasteiger partial charge < -0.3 is 10.2 Å². The summed E-state index contributed by atoms with van der Waals surface area (Å²) in [7, 11) is 0. The number of rotatable bonds is 4. The molecule has 0 radical (unpaired) electrons. The van der Waals surface area contributed by atoms with Crippen LogP contribution in [0.4, 0.5) is 11.4 Å². The maximum Gasteiger partial charge on any atom is 0.0421 e. The van der Waals surface area contributed by atoms with Crippen molar-refractivity contribution in [3.8, 4) is 0 Å². The van der Waals surface area contributed by atoms with Crippen LogP contribution in [0.1, 0.15) is 39.7 Å². The molecule has 2 heteroatoms. The summed E-state index contributed by atoms with van der Waals surface area (Å²) in [5.74, 6) is 0.694. The van der Waals surface area contributed by atoms with Crippen LogP contribution in [0.2, 0.25) is 0 Å². The Labute approximate surface area is 111 Å². The molecule has 0 bridgehead atoms. The molecule has 1 aliphatic rings. The number of anilines is 2. The van der Waals surface area contributed by atoms with Gasteiger partial charge in [0.25, 0.3) is 0 Å². The monoisotopic (exact) mass is 246 g/mol. The molecule has 0 saturated carbocycles. The Balaban J connectivity index is 2.35. The highest BCUT2D eigenvalue weighted by molar-refractivity contribution is 5.68. The molecule has 2 nitrogen and oxygen atoms in total. The predicted octanol–water partition coefficient (Wildman–Crippen LogP) is 3.92. The first kappa shape index (κ1) is 13.3. The van der Waals surface area contributed by atoms with Crippen LogP contribution in [0.5, 0.6) is 0 Å². The van der Waals surface area contributed by atoms with Crippen LogP contribution in [-0.4, -0.2) is 19.1 Å². The summed E-state index contributed by atoms with van der Waals surface area (Å²) in [6, 6.07) is 7.24. The van der Waals surface area contributed by atoms with Gasteiger partial charge in [-0.1, -0.05) is 19.9 Å². The number of nitrogens with zero attached hydrogens (tertiary/aromatic N) is 1. The highest BCUT2D eigenvalue weighted by Gasteiger charge is 2.19. The summed E-state index contributed by atoms with van der Waals surface area (Å²) in [5, 5.41) is 3.52. The van der Waals surface area contributed by atoms with E-state index in [9.17, 15) is 0 Å². The second-order valence-electron chi connectivity index (χ2n) is 5.97. The Hall–Kier alpha value is -1.18. The van der Waals surface area contributed by atoms with Crippen LogP contribution in [-0.2, 0) is 6.42 Å². The Morgan fingerprint density at radius 2 is 2.00 bits per heavy atom. The van der Waals surface area contributed by atoms with Gasteiger partial charge >= 0.3 is 0 Å². The lowest BCUT2D eigenvalue weighted by atomic mass is 9.99. The highest BCUT2D eigenvalue weighted by Crippen LogP contribution is 2.32. The van der Waals surface area contributed by atoms with Crippen molar-refractivity contribution in [2.75, 3.05) is 23.3 Å². The Morgan fingerprint density at radius 3 is 2.67 bits per heavy atom. The molecule has 1 aliphatic heterocycles. The second-order valence-corrected chi connectivity index (χ2v) is 5.97. The molecular weight excluding hydrogens is 220 g/mol. The normalized spacial score (nSPS) is 14.6.